The second-order valence-electron chi connectivity index (χ2n) is 8.86. The molecule has 0 unspecified atom stereocenters. The van der Waals surface area contributed by atoms with Gasteiger partial charge in [0.05, 0.1) is 27.3 Å². The predicted molar refractivity (Wildman–Crippen MR) is 142 cm³/mol. The molecule has 6 nitrogen and oxygen atoms in total. The summed E-state index contributed by atoms with van der Waals surface area (Å²) in [5.41, 5.74) is 3.85. The third kappa shape index (κ3) is 5.75. The van der Waals surface area contributed by atoms with Crippen LogP contribution in [0.3, 0.4) is 0 Å². The average molecular weight is 555 g/mol. The normalized spacial score (nSPS) is 11.0. The molecule has 5 aromatic rings. The van der Waals surface area contributed by atoms with Crippen LogP contribution >= 0.6 is 23.2 Å². The first-order chi connectivity index (χ1) is 17.8. The number of aromatic carboxylic acids is 1. The number of hydrogen-bond donors (Lipinski definition) is 0. The summed E-state index contributed by atoms with van der Waals surface area (Å²) in [6.07, 6.45) is 1.54. The maximum atomic E-state index is 11.1. The molecule has 0 saturated heterocycles. The smallest absolute Gasteiger partial charge is 0.543 e. The molecule has 186 valence electrons. The first kappa shape index (κ1) is 28.1. The number of aromatic nitrogens is 2. The van der Waals surface area contributed by atoms with Crippen molar-refractivity contribution >= 4 is 39.9 Å². The fraction of sp³-hybridized carbons (Fsp3) is 0.138. The molecule has 5 rings (SSSR count). The fourth-order valence-electron chi connectivity index (χ4n) is 4.17. The van der Waals surface area contributed by atoms with Gasteiger partial charge in [0.15, 0.2) is 0 Å². The third-order valence-corrected chi connectivity index (χ3v) is 6.67. The molecule has 0 N–H and O–H groups in total. The van der Waals surface area contributed by atoms with Gasteiger partial charge in [-0.2, -0.15) is 0 Å². The van der Waals surface area contributed by atoms with Gasteiger partial charge in [0, 0.05) is 23.1 Å². The summed E-state index contributed by atoms with van der Waals surface area (Å²) in [5.74, 6) is 0.190. The second-order valence-corrected chi connectivity index (χ2v) is 9.67. The van der Waals surface area contributed by atoms with Gasteiger partial charge in [-0.05, 0) is 52.9 Å². The number of carboxylic acid groups (broad SMARTS) is 1. The number of ether oxygens (including phenoxy) is 1. The largest absolute Gasteiger partial charge is 1.00 e. The van der Waals surface area contributed by atoms with E-state index in [4.69, 9.17) is 32.5 Å². The first-order valence-electron chi connectivity index (χ1n) is 11.6. The number of carbonyl (C=O) groups excluding carboxylic acids is 1. The molecule has 38 heavy (non-hydrogen) atoms. The van der Waals surface area contributed by atoms with Crippen LogP contribution in [0.2, 0.25) is 10.0 Å². The zero-order valence-electron chi connectivity index (χ0n) is 21.0. The Morgan fingerprint density at radius 1 is 0.974 bits per heavy atom. The molecule has 9 heteroatoms. The quantitative estimate of drug-likeness (QED) is 0.283. The van der Waals surface area contributed by atoms with Gasteiger partial charge in [-0.3, -0.25) is 4.98 Å². The van der Waals surface area contributed by atoms with Crippen LogP contribution in [0.1, 0.15) is 41.6 Å². The van der Waals surface area contributed by atoms with Crippen molar-refractivity contribution in [1.29, 1.82) is 0 Å². The molecule has 2 heterocycles. The molecule has 0 aliphatic rings. The SMILES string of the molecule is CC(C)c1onc(-c2c(Cl)cccc2Cl)c1COc1ccc(-c2ccc3cc(C(=O)[O-])ncc3c2)cc1.[Na+]. The van der Waals surface area contributed by atoms with E-state index in [0.29, 0.717) is 32.8 Å². The maximum absolute atomic E-state index is 11.1. The van der Waals surface area contributed by atoms with Crippen LogP contribution < -0.4 is 39.4 Å². The van der Waals surface area contributed by atoms with E-state index >= 15 is 0 Å². The number of hydrogen-bond acceptors (Lipinski definition) is 6. The summed E-state index contributed by atoms with van der Waals surface area (Å²) in [6, 6.07) is 20.3. The molecular weight excluding hydrogens is 534 g/mol. The van der Waals surface area contributed by atoms with E-state index in [1.54, 1.807) is 18.2 Å². The number of pyridine rings is 1. The van der Waals surface area contributed by atoms with Crippen molar-refractivity contribution in [1.82, 2.24) is 10.1 Å². The Labute approximate surface area is 251 Å². The van der Waals surface area contributed by atoms with Crippen molar-refractivity contribution < 1.29 is 48.7 Å². The summed E-state index contributed by atoms with van der Waals surface area (Å²) < 4.78 is 11.8. The fourth-order valence-corrected chi connectivity index (χ4v) is 4.74. The number of halogens is 2. The van der Waals surface area contributed by atoms with Crippen LogP contribution in [0, 0.1) is 0 Å². The topological polar surface area (TPSA) is 88.3 Å². The molecule has 0 aliphatic carbocycles. The molecule has 0 bridgehead atoms. The monoisotopic (exact) mass is 554 g/mol. The van der Waals surface area contributed by atoms with Crippen molar-refractivity contribution in [2.45, 2.75) is 26.4 Å². The van der Waals surface area contributed by atoms with E-state index in [-0.39, 0.29) is 47.8 Å². The molecule has 0 atom stereocenters. The van der Waals surface area contributed by atoms with Crippen molar-refractivity contribution in [3.8, 4) is 28.1 Å². The van der Waals surface area contributed by atoms with Crippen molar-refractivity contribution in [2.75, 3.05) is 0 Å². The maximum Gasteiger partial charge on any atom is 1.00 e. The van der Waals surface area contributed by atoms with Gasteiger partial charge >= 0.3 is 29.6 Å². The Morgan fingerprint density at radius 3 is 2.32 bits per heavy atom. The minimum atomic E-state index is -1.30. The summed E-state index contributed by atoms with van der Waals surface area (Å²) in [7, 11) is 0. The van der Waals surface area contributed by atoms with Gasteiger partial charge in [0.2, 0.25) is 0 Å². The van der Waals surface area contributed by atoms with E-state index in [1.807, 2.05) is 56.3 Å². The van der Waals surface area contributed by atoms with Crippen molar-refractivity contribution in [2.24, 2.45) is 0 Å². The van der Waals surface area contributed by atoms with Gasteiger partial charge in [0.25, 0.3) is 0 Å². The summed E-state index contributed by atoms with van der Waals surface area (Å²) in [6.45, 7) is 4.28. The number of carboxylic acids is 1. The van der Waals surface area contributed by atoms with Gasteiger partial charge in [-0.1, -0.05) is 72.5 Å². The Morgan fingerprint density at radius 2 is 1.66 bits per heavy atom. The van der Waals surface area contributed by atoms with E-state index in [0.717, 1.165) is 27.5 Å². The molecule has 0 amide bonds. The van der Waals surface area contributed by atoms with E-state index < -0.39 is 5.97 Å². The number of fused-ring (bicyclic) bond motifs is 1. The van der Waals surface area contributed by atoms with Crippen LogP contribution in [-0.2, 0) is 6.61 Å². The second kappa shape index (κ2) is 11.9. The Hall–Kier alpha value is -2.87. The van der Waals surface area contributed by atoms with Crippen molar-refractivity contribution in [3.63, 3.8) is 0 Å². The molecule has 0 radical (unpaired) electrons. The molecule has 0 spiro atoms. The Kier molecular flexibility index (Phi) is 8.81. The van der Waals surface area contributed by atoms with Gasteiger partial charge in [-0.15, -0.1) is 0 Å². The zero-order chi connectivity index (χ0) is 26.1. The van der Waals surface area contributed by atoms with Crippen LogP contribution in [-0.4, -0.2) is 16.1 Å². The molecule has 2 aromatic heterocycles. The van der Waals surface area contributed by atoms with Gasteiger partial charge in [0.1, 0.15) is 23.8 Å². The Bertz CT molecular complexity index is 1600. The third-order valence-electron chi connectivity index (χ3n) is 6.04. The van der Waals surface area contributed by atoms with E-state index in [1.165, 1.54) is 12.3 Å². The minimum absolute atomic E-state index is 0. The summed E-state index contributed by atoms with van der Waals surface area (Å²) in [4.78, 5) is 15.0. The van der Waals surface area contributed by atoms with Gasteiger partial charge in [-0.25, -0.2) is 0 Å². The Balaban J connectivity index is 0.00000336. The van der Waals surface area contributed by atoms with E-state index in [9.17, 15) is 9.90 Å². The number of nitrogens with zero attached hydrogens (tertiary/aromatic N) is 2. The first-order valence-corrected chi connectivity index (χ1v) is 12.3. The average Bonchev–Trinajstić information content (AvgIpc) is 3.31. The zero-order valence-corrected chi connectivity index (χ0v) is 24.5. The molecule has 3 aromatic carbocycles. The number of rotatable bonds is 7. The van der Waals surface area contributed by atoms with E-state index in [2.05, 4.69) is 10.1 Å². The standard InChI is InChI=1S/C29H22Cl2N2O4.Na/c1-16(2)28-22(27(33-37-28)26-23(30)4-3-5-24(26)31)15-36-21-10-8-17(9-11-21)18-6-7-19-13-25(29(34)35)32-14-20(19)12-18;/h3-14,16H,15H2,1-2H3,(H,34,35);/q;+1/p-1. The molecule has 0 aliphatic heterocycles. The van der Waals surface area contributed by atoms with Crippen molar-refractivity contribution in [3.05, 3.63) is 100.0 Å². The number of carbonyl (C=O) groups is 1. The summed E-state index contributed by atoms with van der Waals surface area (Å²) >= 11 is 12.9. The minimum Gasteiger partial charge on any atom is -0.543 e. The van der Waals surface area contributed by atoms with Crippen LogP contribution in [0.4, 0.5) is 0 Å². The van der Waals surface area contributed by atoms with Crippen LogP contribution in [0.25, 0.3) is 33.2 Å². The molecule has 0 fully saturated rings. The number of benzene rings is 3. The van der Waals surface area contributed by atoms with Crippen LogP contribution in [0.5, 0.6) is 5.75 Å². The summed E-state index contributed by atoms with van der Waals surface area (Å²) in [5, 5.41) is 17.9. The molecule has 0 saturated carbocycles. The molecular formula is C29H21Cl2N2NaO4. The predicted octanol–water partition coefficient (Wildman–Crippen LogP) is 3.93. The van der Waals surface area contributed by atoms with Crippen LogP contribution in [0.15, 0.2) is 77.4 Å². The van der Waals surface area contributed by atoms with Gasteiger partial charge < -0.3 is 19.2 Å².